The first-order valence-electron chi connectivity index (χ1n) is 6.81. The van der Waals surface area contributed by atoms with Gasteiger partial charge in [-0.15, -0.1) is 0 Å². The zero-order valence-corrected chi connectivity index (χ0v) is 12.1. The summed E-state index contributed by atoms with van der Waals surface area (Å²) in [5.74, 6) is -0.0902. The van der Waals surface area contributed by atoms with Crippen molar-refractivity contribution in [3.63, 3.8) is 0 Å². The molecule has 0 aliphatic carbocycles. The summed E-state index contributed by atoms with van der Waals surface area (Å²) in [6.07, 6.45) is 5.98. The maximum atomic E-state index is 12.2. The molecular formula is C15H20N4O. The van der Waals surface area contributed by atoms with E-state index in [1.54, 1.807) is 23.1 Å². The summed E-state index contributed by atoms with van der Waals surface area (Å²) in [6.45, 7) is 5.99. The van der Waals surface area contributed by atoms with Crippen LogP contribution in [-0.4, -0.2) is 26.7 Å². The van der Waals surface area contributed by atoms with Crippen LogP contribution in [0.25, 0.3) is 0 Å². The van der Waals surface area contributed by atoms with Gasteiger partial charge >= 0.3 is 0 Å². The Labute approximate surface area is 119 Å². The normalized spacial score (nSPS) is 12.4. The highest BCUT2D eigenvalue weighted by atomic mass is 16.2. The number of hydrogen-bond acceptors (Lipinski definition) is 3. The maximum Gasteiger partial charge on any atom is 0.269 e. The molecular weight excluding hydrogens is 252 g/mol. The lowest BCUT2D eigenvalue weighted by Gasteiger charge is -2.15. The lowest BCUT2D eigenvalue weighted by Crippen LogP contribution is -2.35. The molecule has 0 spiro atoms. The van der Waals surface area contributed by atoms with Crippen LogP contribution in [-0.2, 0) is 6.42 Å². The van der Waals surface area contributed by atoms with Crippen LogP contribution in [0.1, 0.15) is 42.9 Å². The Morgan fingerprint density at radius 3 is 2.75 bits per heavy atom. The molecule has 106 valence electrons. The van der Waals surface area contributed by atoms with Crippen LogP contribution in [0.2, 0.25) is 0 Å². The van der Waals surface area contributed by atoms with Crippen LogP contribution in [0.3, 0.4) is 0 Å². The first-order valence-corrected chi connectivity index (χ1v) is 6.81. The van der Waals surface area contributed by atoms with E-state index in [-0.39, 0.29) is 18.0 Å². The number of aromatic nitrogens is 3. The molecule has 0 saturated carbocycles. The van der Waals surface area contributed by atoms with E-state index in [0.29, 0.717) is 5.69 Å². The minimum Gasteiger partial charge on any atom is -0.348 e. The smallest absolute Gasteiger partial charge is 0.269 e. The van der Waals surface area contributed by atoms with E-state index >= 15 is 0 Å². The SMILES string of the molecule is CC(Cc1cccnc1)NC(=O)c1ccnn1C(C)C. The molecule has 1 unspecified atom stereocenters. The molecule has 2 rings (SSSR count). The van der Waals surface area contributed by atoms with Gasteiger partial charge in [0.25, 0.3) is 5.91 Å². The first-order chi connectivity index (χ1) is 9.58. The topological polar surface area (TPSA) is 59.8 Å². The van der Waals surface area contributed by atoms with E-state index in [2.05, 4.69) is 15.4 Å². The van der Waals surface area contributed by atoms with Gasteiger partial charge < -0.3 is 5.32 Å². The number of amides is 1. The van der Waals surface area contributed by atoms with Gasteiger partial charge in [-0.2, -0.15) is 5.10 Å². The van der Waals surface area contributed by atoms with Gasteiger partial charge in [-0.1, -0.05) is 6.07 Å². The third-order valence-electron chi connectivity index (χ3n) is 3.03. The van der Waals surface area contributed by atoms with Gasteiger partial charge in [0.15, 0.2) is 0 Å². The Kier molecular flexibility index (Phi) is 4.50. The number of nitrogens with zero attached hydrogens (tertiary/aromatic N) is 3. The number of pyridine rings is 1. The summed E-state index contributed by atoms with van der Waals surface area (Å²) in [5, 5.41) is 7.17. The zero-order chi connectivity index (χ0) is 14.5. The number of carbonyl (C=O) groups excluding carboxylic acids is 1. The second kappa shape index (κ2) is 6.32. The van der Waals surface area contributed by atoms with Gasteiger partial charge in [-0.3, -0.25) is 14.5 Å². The van der Waals surface area contributed by atoms with Crippen molar-refractivity contribution in [1.29, 1.82) is 0 Å². The third kappa shape index (κ3) is 3.44. The van der Waals surface area contributed by atoms with Crippen molar-refractivity contribution in [3.8, 4) is 0 Å². The Hall–Kier alpha value is -2.17. The molecule has 1 amide bonds. The van der Waals surface area contributed by atoms with Crippen LogP contribution in [0.15, 0.2) is 36.8 Å². The average Bonchev–Trinajstić information content (AvgIpc) is 2.89. The first kappa shape index (κ1) is 14.2. The van der Waals surface area contributed by atoms with Crippen molar-refractivity contribution in [2.45, 2.75) is 39.3 Å². The fourth-order valence-corrected chi connectivity index (χ4v) is 2.13. The molecule has 0 radical (unpaired) electrons. The van der Waals surface area contributed by atoms with Gasteiger partial charge in [0, 0.05) is 30.7 Å². The number of hydrogen-bond donors (Lipinski definition) is 1. The van der Waals surface area contributed by atoms with Crippen molar-refractivity contribution < 1.29 is 4.79 Å². The van der Waals surface area contributed by atoms with Crippen molar-refractivity contribution in [3.05, 3.63) is 48.0 Å². The molecule has 1 atom stereocenters. The molecule has 2 aromatic heterocycles. The molecule has 0 aliphatic heterocycles. The van der Waals surface area contributed by atoms with Gasteiger partial charge in [0.1, 0.15) is 5.69 Å². The molecule has 0 saturated heterocycles. The minimum atomic E-state index is -0.0902. The third-order valence-corrected chi connectivity index (χ3v) is 3.03. The van der Waals surface area contributed by atoms with Crippen LogP contribution in [0.4, 0.5) is 0 Å². The van der Waals surface area contributed by atoms with Gasteiger partial charge in [0.2, 0.25) is 0 Å². The van der Waals surface area contributed by atoms with E-state index in [0.717, 1.165) is 12.0 Å². The number of rotatable bonds is 5. The molecule has 5 heteroatoms. The highest BCUT2D eigenvalue weighted by Crippen LogP contribution is 2.08. The Bertz CT molecular complexity index is 562. The van der Waals surface area contributed by atoms with E-state index in [1.165, 1.54) is 0 Å². The van der Waals surface area contributed by atoms with Gasteiger partial charge in [-0.05, 0) is 44.9 Å². The molecule has 0 fully saturated rings. The fraction of sp³-hybridized carbons (Fsp3) is 0.400. The average molecular weight is 272 g/mol. The van der Waals surface area contributed by atoms with Crippen LogP contribution < -0.4 is 5.32 Å². The summed E-state index contributed by atoms with van der Waals surface area (Å²) in [6, 6.07) is 5.86. The highest BCUT2D eigenvalue weighted by molar-refractivity contribution is 5.92. The van der Waals surface area contributed by atoms with Gasteiger partial charge in [-0.25, -0.2) is 0 Å². The molecule has 0 aliphatic rings. The monoisotopic (exact) mass is 272 g/mol. The zero-order valence-electron chi connectivity index (χ0n) is 12.1. The summed E-state index contributed by atoms with van der Waals surface area (Å²) in [5.41, 5.74) is 1.70. The molecule has 20 heavy (non-hydrogen) atoms. The summed E-state index contributed by atoms with van der Waals surface area (Å²) >= 11 is 0. The van der Waals surface area contributed by atoms with Crippen molar-refractivity contribution in [1.82, 2.24) is 20.1 Å². The Balaban J connectivity index is 1.99. The molecule has 2 aromatic rings. The largest absolute Gasteiger partial charge is 0.348 e. The summed E-state index contributed by atoms with van der Waals surface area (Å²) in [7, 11) is 0. The Morgan fingerprint density at radius 1 is 1.30 bits per heavy atom. The second-order valence-electron chi connectivity index (χ2n) is 5.19. The summed E-state index contributed by atoms with van der Waals surface area (Å²) in [4.78, 5) is 16.3. The molecule has 1 N–H and O–H groups in total. The van der Waals surface area contributed by atoms with Crippen molar-refractivity contribution >= 4 is 5.91 Å². The Morgan fingerprint density at radius 2 is 2.10 bits per heavy atom. The number of nitrogens with one attached hydrogen (secondary N) is 1. The van der Waals surface area contributed by atoms with Crippen LogP contribution in [0, 0.1) is 0 Å². The molecule has 0 bridgehead atoms. The lowest BCUT2D eigenvalue weighted by atomic mass is 10.1. The van der Waals surface area contributed by atoms with E-state index in [1.807, 2.05) is 39.1 Å². The predicted octanol–water partition coefficient (Wildman–Crippen LogP) is 2.22. The van der Waals surface area contributed by atoms with E-state index in [4.69, 9.17) is 0 Å². The quantitative estimate of drug-likeness (QED) is 0.908. The molecule has 5 nitrogen and oxygen atoms in total. The fourth-order valence-electron chi connectivity index (χ4n) is 2.13. The molecule has 2 heterocycles. The van der Waals surface area contributed by atoms with Crippen LogP contribution >= 0.6 is 0 Å². The summed E-state index contributed by atoms with van der Waals surface area (Å²) < 4.78 is 1.73. The highest BCUT2D eigenvalue weighted by Gasteiger charge is 2.16. The standard InChI is InChI=1S/C15H20N4O/c1-11(2)19-14(6-8-17-19)15(20)18-12(3)9-13-5-4-7-16-10-13/h4-8,10-12H,9H2,1-3H3,(H,18,20). The van der Waals surface area contributed by atoms with E-state index < -0.39 is 0 Å². The number of carbonyl (C=O) groups is 1. The predicted molar refractivity (Wildman–Crippen MR) is 77.5 cm³/mol. The van der Waals surface area contributed by atoms with Gasteiger partial charge in [0.05, 0.1) is 0 Å². The van der Waals surface area contributed by atoms with Crippen LogP contribution in [0.5, 0.6) is 0 Å². The van der Waals surface area contributed by atoms with Crippen molar-refractivity contribution in [2.24, 2.45) is 0 Å². The van der Waals surface area contributed by atoms with Crippen molar-refractivity contribution in [2.75, 3.05) is 0 Å². The maximum absolute atomic E-state index is 12.2. The second-order valence-corrected chi connectivity index (χ2v) is 5.19. The molecule has 0 aromatic carbocycles. The lowest BCUT2D eigenvalue weighted by molar-refractivity contribution is 0.0927. The minimum absolute atomic E-state index is 0.0437. The van der Waals surface area contributed by atoms with E-state index in [9.17, 15) is 4.79 Å².